The van der Waals surface area contributed by atoms with Gasteiger partial charge < -0.3 is 15.8 Å². The zero-order valence-corrected chi connectivity index (χ0v) is 11.2. The van der Waals surface area contributed by atoms with Gasteiger partial charge in [-0.05, 0) is 6.07 Å². The zero-order chi connectivity index (χ0) is 15.4. The van der Waals surface area contributed by atoms with Crippen molar-refractivity contribution in [2.75, 3.05) is 5.73 Å². The fourth-order valence-corrected chi connectivity index (χ4v) is 1.85. The Labute approximate surface area is 119 Å². The van der Waals surface area contributed by atoms with Crippen LogP contribution in [0, 0.1) is 0 Å². The highest BCUT2D eigenvalue weighted by molar-refractivity contribution is 5.97. The van der Waals surface area contributed by atoms with Crippen molar-refractivity contribution in [3.05, 3.63) is 41.7 Å². The van der Waals surface area contributed by atoms with Crippen molar-refractivity contribution in [2.24, 2.45) is 7.05 Å². The van der Waals surface area contributed by atoms with Gasteiger partial charge in [-0.25, -0.2) is 0 Å². The van der Waals surface area contributed by atoms with E-state index in [-0.39, 0.29) is 23.7 Å². The molecule has 0 unspecified atom stereocenters. The van der Waals surface area contributed by atoms with Gasteiger partial charge in [0.25, 0.3) is 5.91 Å². The standard InChI is InChI=1S/C13H14F2N4O2/c1-19-11(9(16)7-18-19)12(20)17-6-8-4-2-3-5-10(8)21-13(14)15/h2-5,7,13H,6,16H2,1H3,(H,17,20). The maximum Gasteiger partial charge on any atom is 0.387 e. The van der Waals surface area contributed by atoms with E-state index in [0.717, 1.165) is 0 Å². The Balaban J connectivity index is 2.08. The van der Waals surface area contributed by atoms with Gasteiger partial charge in [0.05, 0.1) is 11.9 Å². The molecule has 0 bridgehead atoms. The average Bonchev–Trinajstić information content (AvgIpc) is 2.76. The monoisotopic (exact) mass is 296 g/mol. The molecule has 8 heteroatoms. The van der Waals surface area contributed by atoms with Gasteiger partial charge in [-0.2, -0.15) is 13.9 Å². The summed E-state index contributed by atoms with van der Waals surface area (Å²) in [7, 11) is 1.58. The molecule has 0 aliphatic carbocycles. The van der Waals surface area contributed by atoms with Crippen molar-refractivity contribution in [3.8, 4) is 5.75 Å². The van der Waals surface area contributed by atoms with Gasteiger partial charge in [0.1, 0.15) is 11.4 Å². The number of ether oxygens (including phenoxy) is 1. The molecule has 0 fully saturated rings. The molecule has 2 aromatic rings. The Morgan fingerprint density at radius 3 is 2.81 bits per heavy atom. The van der Waals surface area contributed by atoms with E-state index in [0.29, 0.717) is 5.56 Å². The van der Waals surface area contributed by atoms with Crippen LogP contribution in [0.1, 0.15) is 16.1 Å². The minimum Gasteiger partial charge on any atom is -0.434 e. The van der Waals surface area contributed by atoms with Gasteiger partial charge >= 0.3 is 6.61 Å². The van der Waals surface area contributed by atoms with Crippen LogP contribution in [0.4, 0.5) is 14.5 Å². The van der Waals surface area contributed by atoms with E-state index in [1.165, 1.54) is 16.9 Å². The number of nitrogen functional groups attached to an aromatic ring is 1. The molecule has 0 atom stereocenters. The highest BCUT2D eigenvalue weighted by Gasteiger charge is 2.15. The largest absolute Gasteiger partial charge is 0.434 e. The molecule has 6 nitrogen and oxygen atoms in total. The van der Waals surface area contributed by atoms with E-state index in [1.807, 2.05) is 0 Å². The summed E-state index contributed by atoms with van der Waals surface area (Å²) in [5, 5.41) is 6.45. The summed E-state index contributed by atoms with van der Waals surface area (Å²) in [4.78, 5) is 12.0. The third-order valence-corrected chi connectivity index (χ3v) is 2.81. The summed E-state index contributed by atoms with van der Waals surface area (Å²) < 4.78 is 30.3. The van der Waals surface area contributed by atoms with E-state index < -0.39 is 12.5 Å². The highest BCUT2D eigenvalue weighted by atomic mass is 19.3. The maximum absolute atomic E-state index is 12.3. The lowest BCUT2D eigenvalue weighted by Crippen LogP contribution is -2.26. The minimum absolute atomic E-state index is 0.0192. The van der Waals surface area contributed by atoms with Crippen LogP contribution in [0.2, 0.25) is 0 Å². The first-order valence-corrected chi connectivity index (χ1v) is 6.07. The van der Waals surface area contributed by atoms with Crippen LogP contribution >= 0.6 is 0 Å². The summed E-state index contributed by atoms with van der Waals surface area (Å²) in [6.07, 6.45) is 1.36. The highest BCUT2D eigenvalue weighted by Crippen LogP contribution is 2.20. The molecule has 0 aliphatic heterocycles. The number of nitrogens with zero attached hydrogens (tertiary/aromatic N) is 2. The Bertz CT molecular complexity index is 623. The van der Waals surface area contributed by atoms with E-state index in [2.05, 4.69) is 15.2 Å². The fourth-order valence-electron chi connectivity index (χ4n) is 1.85. The third kappa shape index (κ3) is 3.47. The summed E-state index contributed by atoms with van der Waals surface area (Å²) in [5.41, 5.74) is 6.53. The number of para-hydroxylation sites is 1. The molecule has 1 aromatic carbocycles. The number of halogens is 2. The number of hydrogen-bond acceptors (Lipinski definition) is 4. The summed E-state index contributed by atoms with van der Waals surface area (Å²) in [6.45, 7) is -2.89. The van der Waals surface area contributed by atoms with Gasteiger partial charge in [0.2, 0.25) is 0 Å². The number of nitrogens with one attached hydrogen (secondary N) is 1. The van der Waals surface area contributed by atoms with Crippen LogP contribution in [-0.4, -0.2) is 22.3 Å². The number of anilines is 1. The number of carbonyl (C=O) groups is 1. The Morgan fingerprint density at radius 1 is 1.48 bits per heavy atom. The van der Waals surface area contributed by atoms with Crippen molar-refractivity contribution in [1.82, 2.24) is 15.1 Å². The molecule has 0 radical (unpaired) electrons. The maximum atomic E-state index is 12.3. The van der Waals surface area contributed by atoms with Crippen LogP contribution in [0.25, 0.3) is 0 Å². The second-order valence-electron chi connectivity index (χ2n) is 4.24. The number of benzene rings is 1. The molecule has 2 rings (SSSR count). The number of alkyl halides is 2. The molecule has 112 valence electrons. The van der Waals surface area contributed by atoms with Gasteiger partial charge in [-0.1, -0.05) is 18.2 Å². The molecule has 1 amide bonds. The number of rotatable bonds is 5. The predicted molar refractivity (Wildman–Crippen MR) is 71.9 cm³/mol. The molecule has 21 heavy (non-hydrogen) atoms. The van der Waals surface area contributed by atoms with Gasteiger partial charge in [0, 0.05) is 19.2 Å². The van der Waals surface area contributed by atoms with Gasteiger partial charge in [-0.3, -0.25) is 9.48 Å². The number of aryl methyl sites for hydroxylation is 1. The van der Waals surface area contributed by atoms with Crippen molar-refractivity contribution in [2.45, 2.75) is 13.2 Å². The molecular weight excluding hydrogens is 282 g/mol. The Morgan fingerprint density at radius 2 is 2.19 bits per heavy atom. The predicted octanol–water partition coefficient (Wildman–Crippen LogP) is 1.53. The molecule has 0 spiro atoms. The van der Waals surface area contributed by atoms with Crippen LogP contribution in [0.3, 0.4) is 0 Å². The topological polar surface area (TPSA) is 82.2 Å². The van der Waals surface area contributed by atoms with Crippen LogP contribution in [-0.2, 0) is 13.6 Å². The first-order chi connectivity index (χ1) is 9.99. The number of hydrogen-bond donors (Lipinski definition) is 2. The number of carbonyl (C=O) groups excluding carboxylic acids is 1. The quantitative estimate of drug-likeness (QED) is 0.876. The molecule has 3 N–H and O–H groups in total. The molecule has 0 saturated carbocycles. The first-order valence-electron chi connectivity index (χ1n) is 6.07. The van der Waals surface area contributed by atoms with Crippen LogP contribution in [0.15, 0.2) is 30.5 Å². The third-order valence-electron chi connectivity index (χ3n) is 2.81. The summed E-state index contributed by atoms with van der Waals surface area (Å²) in [6, 6.07) is 6.23. The Hall–Kier alpha value is -2.64. The number of aromatic nitrogens is 2. The fraction of sp³-hybridized carbons (Fsp3) is 0.231. The SMILES string of the molecule is Cn1ncc(N)c1C(=O)NCc1ccccc1OC(F)F. The van der Waals surface area contributed by atoms with Crippen molar-refractivity contribution < 1.29 is 18.3 Å². The number of nitrogens with two attached hydrogens (primary N) is 1. The van der Waals surface area contributed by atoms with E-state index in [9.17, 15) is 13.6 Å². The second kappa shape index (κ2) is 6.21. The van der Waals surface area contributed by atoms with Crippen molar-refractivity contribution >= 4 is 11.6 Å². The molecule has 0 saturated heterocycles. The van der Waals surface area contributed by atoms with E-state index in [1.54, 1.807) is 25.2 Å². The molecule has 0 aliphatic rings. The molecular formula is C13H14F2N4O2. The van der Waals surface area contributed by atoms with Gasteiger partial charge in [-0.15, -0.1) is 0 Å². The lowest BCUT2D eigenvalue weighted by atomic mass is 10.2. The zero-order valence-electron chi connectivity index (χ0n) is 11.2. The average molecular weight is 296 g/mol. The lowest BCUT2D eigenvalue weighted by molar-refractivity contribution is -0.0504. The summed E-state index contributed by atoms with van der Waals surface area (Å²) >= 11 is 0. The van der Waals surface area contributed by atoms with Crippen LogP contribution < -0.4 is 15.8 Å². The summed E-state index contributed by atoms with van der Waals surface area (Å²) in [5.74, 6) is -0.426. The second-order valence-corrected chi connectivity index (χ2v) is 4.24. The molecule has 1 aromatic heterocycles. The van der Waals surface area contributed by atoms with E-state index in [4.69, 9.17) is 5.73 Å². The lowest BCUT2D eigenvalue weighted by Gasteiger charge is -2.11. The van der Waals surface area contributed by atoms with Gasteiger partial charge in [0.15, 0.2) is 0 Å². The smallest absolute Gasteiger partial charge is 0.387 e. The Kier molecular flexibility index (Phi) is 4.36. The number of amides is 1. The molecule has 1 heterocycles. The van der Waals surface area contributed by atoms with Crippen LogP contribution in [0.5, 0.6) is 5.75 Å². The normalized spacial score (nSPS) is 10.7. The van der Waals surface area contributed by atoms with E-state index >= 15 is 0 Å². The first kappa shape index (κ1) is 14.8. The van der Waals surface area contributed by atoms with Crippen molar-refractivity contribution in [1.29, 1.82) is 0 Å². The minimum atomic E-state index is -2.92. The van der Waals surface area contributed by atoms with Crippen molar-refractivity contribution in [3.63, 3.8) is 0 Å².